The average Bonchev–Trinajstić information content (AvgIpc) is 3.22. The number of hydrogen-bond donors (Lipinski definition) is 1. The molecule has 21 heavy (non-hydrogen) atoms. The van der Waals surface area contributed by atoms with Crippen molar-refractivity contribution in [2.75, 3.05) is 34.3 Å². The Hall–Kier alpha value is -1.06. The molecule has 0 amide bonds. The average molecular weight is 290 g/mol. The summed E-state index contributed by atoms with van der Waals surface area (Å²) in [5, 5.41) is 3.81. The van der Waals surface area contributed by atoms with Crippen LogP contribution in [0.1, 0.15) is 38.3 Å². The van der Waals surface area contributed by atoms with Gasteiger partial charge in [0.05, 0.1) is 7.11 Å². The Balaban J connectivity index is 1.99. The molecule has 1 aromatic carbocycles. The van der Waals surface area contributed by atoms with Crippen LogP contribution in [-0.2, 0) is 0 Å². The third kappa shape index (κ3) is 5.01. The van der Waals surface area contributed by atoms with Crippen LogP contribution in [0.15, 0.2) is 24.3 Å². The van der Waals surface area contributed by atoms with Crippen LogP contribution in [-0.4, -0.2) is 39.2 Å². The molecule has 0 aliphatic heterocycles. The van der Waals surface area contributed by atoms with Gasteiger partial charge < -0.3 is 15.0 Å². The Morgan fingerprint density at radius 1 is 1.24 bits per heavy atom. The van der Waals surface area contributed by atoms with Crippen LogP contribution < -0.4 is 10.1 Å². The molecule has 3 nitrogen and oxygen atoms in total. The van der Waals surface area contributed by atoms with Crippen molar-refractivity contribution in [3.8, 4) is 5.75 Å². The summed E-state index contributed by atoms with van der Waals surface area (Å²) in [5.74, 6) is 1.73. The highest BCUT2D eigenvalue weighted by molar-refractivity contribution is 5.30. The summed E-state index contributed by atoms with van der Waals surface area (Å²) in [6.07, 6.45) is 2.69. The van der Waals surface area contributed by atoms with Gasteiger partial charge in [-0.15, -0.1) is 0 Å². The molecule has 2 rings (SSSR count). The van der Waals surface area contributed by atoms with Crippen molar-refractivity contribution in [1.82, 2.24) is 10.2 Å². The lowest BCUT2D eigenvalue weighted by Crippen LogP contribution is -2.39. The number of ether oxygens (including phenoxy) is 1. The smallest absolute Gasteiger partial charge is 0.118 e. The SMILES string of the molecule is COc1ccc(C(NCC(C)(C)CN(C)C)C2CC2)cc1. The van der Waals surface area contributed by atoms with E-state index in [1.807, 2.05) is 0 Å². The molecule has 0 radical (unpaired) electrons. The van der Waals surface area contributed by atoms with Gasteiger partial charge in [0.1, 0.15) is 5.75 Å². The van der Waals surface area contributed by atoms with Crippen molar-refractivity contribution in [1.29, 1.82) is 0 Å². The summed E-state index contributed by atoms with van der Waals surface area (Å²) in [6.45, 7) is 6.80. The van der Waals surface area contributed by atoms with E-state index < -0.39 is 0 Å². The largest absolute Gasteiger partial charge is 0.497 e. The molecule has 1 atom stereocenters. The Kier molecular flexibility index (Phi) is 5.28. The first kappa shape index (κ1) is 16.3. The van der Waals surface area contributed by atoms with Crippen LogP contribution in [0.4, 0.5) is 0 Å². The van der Waals surface area contributed by atoms with Gasteiger partial charge in [-0.2, -0.15) is 0 Å². The molecule has 1 fully saturated rings. The van der Waals surface area contributed by atoms with Crippen molar-refractivity contribution >= 4 is 0 Å². The summed E-state index contributed by atoms with van der Waals surface area (Å²) in [5.41, 5.74) is 1.67. The Labute approximate surface area is 129 Å². The molecule has 1 aliphatic carbocycles. The highest BCUT2D eigenvalue weighted by Crippen LogP contribution is 2.41. The van der Waals surface area contributed by atoms with Gasteiger partial charge in [0, 0.05) is 19.1 Å². The fourth-order valence-electron chi connectivity index (χ4n) is 3.10. The predicted octanol–water partition coefficient (Wildman–Crippen LogP) is 3.32. The summed E-state index contributed by atoms with van der Waals surface area (Å²) in [4.78, 5) is 2.27. The van der Waals surface area contributed by atoms with Crippen LogP contribution in [0.25, 0.3) is 0 Å². The van der Waals surface area contributed by atoms with Crippen LogP contribution in [0.3, 0.4) is 0 Å². The molecule has 1 N–H and O–H groups in total. The number of benzene rings is 1. The second kappa shape index (κ2) is 6.80. The van der Waals surface area contributed by atoms with E-state index in [-0.39, 0.29) is 5.41 Å². The third-order valence-electron chi connectivity index (χ3n) is 4.11. The van der Waals surface area contributed by atoms with Gasteiger partial charge in [-0.1, -0.05) is 26.0 Å². The molecule has 1 aromatic rings. The molecule has 0 aromatic heterocycles. The molecular weight excluding hydrogens is 260 g/mol. The zero-order chi connectivity index (χ0) is 15.5. The minimum absolute atomic E-state index is 0.281. The van der Waals surface area contributed by atoms with Crippen LogP contribution >= 0.6 is 0 Å². The minimum Gasteiger partial charge on any atom is -0.497 e. The quantitative estimate of drug-likeness (QED) is 0.795. The maximum Gasteiger partial charge on any atom is 0.118 e. The molecule has 0 saturated heterocycles. The molecule has 1 saturated carbocycles. The van der Waals surface area contributed by atoms with Gasteiger partial charge in [0.25, 0.3) is 0 Å². The van der Waals surface area contributed by atoms with E-state index in [1.54, 1.807) is 7.11 Å². The Bertz CT molecular complexity index is 435. The second-order valence-electron chi connectivity index (χ2n) is 7.37. The van der Waals surface area contributed by atoms with Crippen LogP contribution in [0, 0.1) is 11.3 Å². The maximum atomic E-state index is 5.26. The first-order chi connectivity index (χ1) is 9.91. The van der Waals surface area contributed by atoms with Crippen molar-refractivity contribution < 1.29 is 4.74 Å². The fourth-order valence-corrected chi connectivity index (χ4v) is 3.10. The first-order valence-corrected chi connectivity index (χ1v) is 7.93. The van der Waals surface area contributed by atoms with E-state index in [2.05, 4.69) is 62.4 Å². The molecule has 1 unspecified atom stereocenters. The van der Waals surface area contributed by atoms with Crippen LogP contribution in [0.5, 0.6) is 5.75 Å². The van der Waals surface area contributed by atoms with Gasteiger partial charge in [-0.25, -0.2) is 0 Å². The summed E-state index contributed by atoms with van der Waals surface area (Å²) >= 11 is 0. The topological polar surface area (TPSA) is 24.5 Å². The normalized spacial score (nSPS) is 17.0. The lowest BCUT2D eigenvalue weighted by Gasteiger charge is -2.31. The van der Waals surface area contributed by atoms with E-state index in [1.165, 1.54) is 18.4 Å². The molecule has 1 aliphatic rings. The summed E-state index contributed by atoms with van der Waals surface area (Å²) < 4.78 is 5.26. The van der Waals surface area contributed by atoms with Gasteiger partial charge in [0.15, 0.2) is 0 Å². The highest BCUT2D eigenvalue weighted by Gasteiger charge is 2.33. The fraction of sp³-hybridized carbons (Fsp3) is 0.667. The Morgan fingerprint density at radius 3 is 2.33 bits per heavy atom. The maximum absolute atomic E-state index is 5.26. The third-order valence-corrected chi connectivity index (χ3v) is 4.11. The number of methoxy groups -OCH3 is 1. The van der Waals surface area contributed by atoms with E-state index in [0.29, 0.717) is 6.04 Å². The first-order valence-electron chi connectivity index (χ1n) is 7.93. The molecule has 118 valence electrons. The van der Waals surface area contributed by atoms with Crippen molar-refractivity contribution in [3.63, 3.8) is 0 Å². The molecule has 3 heteroatoms. The second-order valence-corrected chi connectivity index (χ2v) is 7.37. The number of hydrogen-bond acceptors (Lipinski definition) is 3. The minimum atomic E-state index is 0.281. The highest BCUT2D eigenvalue weighted by atomic mass is 16.5. The standard InChI is InChI=1S/C18H30N2O/c1-18(2,13-20(3)4)12-19-17(14-6-7-14)15-8-10-16(21-5)11-9-15/h8-11,14,17,19H,6-7,12-13H2,1-5H3. The number of rotatable bonds is 8. The molecular formula is C18H30N2O. The predicted molar refractivity (Wildman–Crippen MR) is 88.8 cm³/mol. The lowest BCUT2D eigenvalue weighted by atomic mass is 9.91. The van der Waals surface area contributed by atoms with Crippen molar-refractivity contribution in [2.45, 2.75) is 32.7 Å². The van der Waals surface area contributed by atoms with Crippen LogP contribution in [0.2, 0.25) is 0 Å². The monoisotopic (exact) mass is 290 g/mol. The molecule has 0 bridgehead atoms. The lowest BCUT2D eigenvalue weighted by molar-refractivity contribution is 0.222. The Morgan fingerprint density at radius 2 is 1.86 bits per heavy atom. The summed E-state index contributed by atoms with van der Waals surface area (Å²) in [7, 11) is 6.00. The number of nitrogens with zero attached hydrogens (tertiary/aromatic N) is 1. The van der Waals surface area contributed by atoms with E-state index in [0.717, 1.165) is 24.8 Å². The zero-order valence-corrected chi connectivity index (χ0v) is 14.1. The van der Waals surface area contributed by atoms with E-state index in [4.69, 9.17) is 4.74 Å². The van der Waals surface area contributed by atoms with Crippen molar-refractivity contribution in [3.05, 3.63) is 29.8 Å². The number of nitrogens with one attached hydrogen (secondary N) is 1. The van der Waals surface area contributed by atoms with Gasteiger partial charge in [-0.3, -0.25) is 0 Å². The van der Waals surface area contributed by atoms with E-state index >= 15 is 0 Å². The van der Waals surface area contributed by atoms with Gasteiger partial charge in [0.2, 0.25) is 0 Å². The van der Waals surface area contributed by atoms with Crippen molar-refractivity contribution in [2.24, 2.45) is 11.3 Å². The summed E-state index contributed by atoms with van der Waals surface area (Å²) in [6, 6.07) is 9.02. The van der Waals surface area contributed by atoms with Gasteiger partial charge in [-0.05, 0) is 56.0 Å². The molecule has 0 spiro atoms. The van der Waals surface area contributed by atoms with E-state index in [9.17, 15) is 0 Å². The molecule has 0 heterocycles. The zero-order valence-electron chi connectivity index (χ0n) is 14.1. The van der Waals surface area contributed by atoms with Gasteiger partial charge >= 0.3 is 0 Å².